The molecular formula is C40H63N3O8. The quantitative estimate of drug-likeness (QED) is 0.148. The van der Waals surface area contributed by atoms with Gasteiger partial charge in [0.1, 0.15) is 16.7 Å². The number of ether oxygens (including phenoxy) is 3. The summed E-state index contributed by atoms with van der Waals surface area (Å²) in [5.41, 5.74) is -2.44. The largest absolute Gasteiger partial charge is 0.466 e. The number of nitrogens with one attached hydrogen (secondary N) is 3. The first-order valence-electron chi connectivity index (χ1n) is 18.8. The van der Waals surface area contributed by atoms with Gasteiger partial charge in [-0.15, -0.1) is 0 Å². The molecule has 2 aliphatic rings. The van der Waals surface area contributed by atoms with Crippen molar-refractivity contribution in [1.82, 2.24) is 16.0 Å². The molecule has 2 saturated carbocycles. The number of alkyl carbamates (subject to hydrolysis) is 1. The van der Waals surface area contributed by atoms with Crippen molar-refractivity contribution in [3.63, 3.8) is 0 Å². The van der Waals surface area contributed by atoms with Crippen LogP contribution in [0, 0.1) is 23.2 Å². The average molecular weight is 714 g/mol. The van der Waals surface area contributed by atoms with E-state index in [4.69, 9.17) is 14.2 Å². The van der Waals surface area contributed by atoms with Crippen LogP contribution in [0.1, 0.15) is 126 Å². The summed E-state index contributed by atoms with van der Waals surface area (Å²) in [4.78, 5) is 66.7. The highest BCUT2D eigenvalue weighted by Gasteiger charge is 2.47. The van der Waals surface area contributed by atoms with Gasteiger partial charge in [-0.25, -0.2) is 4.79 Å². The van der Waals surface area contributed by atoms with Gasteiger partial charge in [0.2, 0.25) is 11.8 Å². The van der Waals surface area contributed by atoms with Gasteiger partial charge < -0.3 is 30.2 Å². The maximum absolute atomic E-state index is 14.3. The van der Waals surface area contributed by atoms with E-state index in [0.717, 1.165) is 25.7 Å². The van der Waals surface area contributed by atoms with Gasteiger partial charge in [0.05, 0.1) is 23.9 Å². The Kier molecular flexibility index (Phi) is 14.5. The predicted octanol–water partition coefficient (Wildman–Crippen LogP) is 6.41. The third kappa shape index (κ3) is 13.1. The molecule has 1 unspecified atom stereocenters. The van der Waals surface area contributed by atoms with Crippen LogP contribution < -0.4 is 16.0 Å². The Balaban J connectivity index is 1.75. The molecule has 0 heterocycles. The highest BCUT2D eigenvalue weighted by Crippen LogP contribution is 2.45. The number of benzene rings is 1. The summed E-state index contributed by atoms with van der Waals surface area (Å²) in [6.07, 6.45) is 6.03. The number of carbonyl (C=O) groups is 5. The molecule has 11 heteroatoms. The molecule has 3 rings (SSSR count). The number of hydrogen-bond donors (Lipinski definition) is 3. The summed E-state index contributed by atoms with van der Waals surface area (Å²) in [5.74, 6) is -2.19. The minimum Gasteiger partial charge on any atom is -0.466 e. The van der Waals surface area contributed by atoms with Crippen molar-refractivity contribution in [2.24, 2.45) is 23.2 Å². The zero-order valence-corrected chi connectivity index (χ0v) is 32.4. The summed E-state index contributed by atoms with van der Waals surface area (Å²) in [7, 11) is 0. The van der Waals surface area contributed by atoms with E-state index in [0.29, 0.717) is 38.7 Å². The molecule has 11 nitrogen and oxygen atoms in total. The third-order valence-electron chi connectivity index (χ3n) is 9.86. The van der Waals surface area contributed by atoms with E-state index >= 15 is 0 Å². The number of aryl methyl sites for hydroxylation is 1. The maximum atomic E-state index is 14.3. The first-order valence-corrected chi connectivity index (χ1v) is 18.8. The van der Waals surface area contributed by atoms with Gasteiger partial charge >= 0.3 is 18.0 Å². The molecule has 0 spiro atoms. The van der Waals surface area contributed by atoms with Crippen LogP contribution in [0.4, 0.5) is 4.79 Å². The van der Waals surface area contributed by atoms with Gasteiger partial charge in [0, 0.05) is 12.6 Å². The van der Waals surface area contributed by atoms with Crippen molar-refractivity contribution >= 4 is 29.8 Å². The van der Waals surface area contributed by atoms with Crippen LogP contribution >= 0.6 is 0 Å². The Morgan fingerprint density at radius 2 is 1.51 bits per heavy atom. The molecule has 4 atom stereocenters. The van der Waals surface area contributed by atoms with Crippen LogP contribution in [-0.2, 0) is 39.8 Å². The molecule has 2 fully saturated rings. The molecule has 3 N–H and O–H groups in total. The monoisotopic (exact) mass is 713 g/mol. The fourth-order valence-electron chi connectivity index (χ4n) is 7.33. The van der Waals surface area contributed by atoms with Gasteiger partial charge in [0.25, 0.3) is 0 Å². The Bertz CT molecular complexity index is 1340. The molecule has 3 amide bonds. The molecule has 1 aromatic rings. The number of carbonyl (C=O) groups excluding carboxylic acids is 5. The molecular weight excluding hydrogens is 650 g/mol. The summed E-state index contributed by atoms with van der Waals surface area (Å²) in [5, 5.41) is 8.80. The maximum Gasteiger partial charge on any atom is 0.408 e. The van der Waals surface area contributed by atoms with Crippen LogP contribution in [0.3, 0.4) is 0 Å². The second-order valence-electron chi connectivity index (χ2n) is 17.0. The molecule has 2 aliphatic carbocycles. The molecule has 0 radical (unpaired) electrons. The molecule has 0 aliphatic heterocycles. The Morgan fingerprint density at radius 3 is 2.10 bits per heavy atom. The van der Waals surface area contributed by atoms with E-state index in [2.05, 4.69) is 28.1 Å². The van der Waals surface area contributed by atoms with Crippen molar-refractivity contribution in [3.05, 3.63) is 35.9 Å². The lowest BCUT2D eigenvalue weighted by Gasteiger charge is -2.38. The SMILES string of the molecule is CCOC(=O)[C@@H]1CC[C@H](NC(=O)C2(CC(CNC(=O)C(C)(C)NC(=O)OC(C)(C)C)C(=O)OC(C)(C)C)CCCC2)C[C@@H]1CCc1ccccc1. The van der Waals surface area contributed by atoms with Gasteiger partial charge in [-0.3, -0.25) is 19.2 Å². The van der Waals surface area contributed by atoms with E-state index in [1.807, 2.05) is 25.1 Å². The van der Waals surface area contributed by atoms with Crippen LogP contribution in [0.5, 0.6) is 0 Å². The lowest BCUT2D eigenvalue weighted by atomic mass is 9.73. The number of rotatable bonds is 14. The molecule has 286 valence electrons. The topological polar surface area (TPSA) is 149 Å². The fourth-order valence-corrected chi connectivity index (χ4v) is 7.33. The number of esters is 2. The van der Waals surface area contributed by atoms with Gasteiger partial charge in [-0.1, -0.05) is 43.2 Å². The zero-order chi connectivity index (χ0) is 38.0. The highest BCUT2D eigenvalue weighted by molar-refractivity contribution is 5.89. The number of amides is 3. The minimum atomic E-state index is -1.33. The second-order valence-corrected chi connectivity index (χ2v) is 17.0. The van der Waals surface area contributed by atoms with Crippen LogP contribution in [0.25, 0.3) is 0 Å². The Labute approximate surface area is 305 Å². The smallest absolute Gasteiger partial charge is 0.408 e. The van der Waals surface area contributed by atoms with Crippen molar-refractivity contribution in [2.45, 2.75) is 149 Å². The number of hydrogen-bond acceptors (Lipinski definition) is 8. The summed E-state index contributed by atoms with van der Waals surface area (Å²) >= 11 is 0. The van der Waals surface area contributed by atoms with Gasteiger partial charge in [0.15, 0.2) is 0 Å². The van der Waals surface area contributed by atoms with Crippen molar-refractivity contribution in [3.8, 4) is 0 Å². The van der Waals surface area contributed by atoms with E-state index in [-0.39, 0.29) is 42.7 Å². The van der Waals surface area contributed by atoms with E-state index < -0.39 is 46.0 Å². The van der Waals surface area contributed by atoms with E-state index in [1.54, 1.807) is 55.4 Å². The van der Waals surface area contributed by atoms with E-state index in [9.17, 15) is 24.0 Å². The molecule has 0 saturated heterocycles. The van der Waals surface area contributed by atoms with Crippen LogP contribution in [0.2, 0.25) is 0 Å². The van der Waals surface area contributed by atoms with Gasteiger partial charge in [-0.2, -0.15) is 0 Å². The minimum absolute atomic E-state index is 0.0604. The molecule has 51 heavy (non-hydrogen) atoms. The normalized spacial score (nSPS) is 21.2. The molecule has 0 aromatic heterocycles. The first-order chi connectivity index (χ1) is 23.7. The van der Waals surface area contributed by atoms with Crippen molar-refractivity contribution in [1.29, 1.82) is 0 Å². The average Bonchev–Trinajstić information content (AvgIpc) is 3.50. The van der Waals surface area contributed by atoms with Crippen molar-refractivity contribution < 1.29 is 38.2 Å². The molecule has 1 aromatic carbocycles. The van der Waals surface area contributed by atoms with Crippen LogP contribution in [-0.4, -0.2) is 65.8 Å². The Morgan fingerprint density at radius 1 is 0.882 bits per heavy atom. The Hall–Kier alpha value is -3.63. The standard InChI is InChI=1S/C40H63N3O8/c1-10-49-33(45)31-21-20-30(24-28(31)19-18-27-16-12-11-13-17-27)42-35(47)40(22-14-15-23-40)25-29(32(44)50-37(2,3)4)26-41-34(46)39(8,9)43-36(48)51-38(5,6)7/h11-13,16-17,28-31H,10,14-15,18-26H2,1-9H3,(H,41,46)(H,42,47)(H,43,48)/t28-,29?,30-,31+/m0/s1. The first kappa shape index (κ1) is 41.8. The summed E-state index contributed by atoms with van der Waals surface area (Å²) in [6.45, 7) is 15.8. The van der Waals surface area contributed by atoms with Crippen molar-refractivity contribution in [2.75, 3.05) is 13.2 Å². The molecule has 0 bridgehead atoms. The fraction of sp³-hybridized carbons (Fsp3) is 0.725. The third-order valence-corrected chi connectivity index (χ3v) is 9.86. The second kappa shape index (κ2) is 17.7. The summed E-state index contributed by atoms with van der Waals surface area (Å²) < 4.78 is 16.6. The van der Waals surface area contributed by atoms with Gasteiger partial charge in [-0.05, 0) is 125 Å². The predicted molar refractivity (Wildman–Crippen MR) is 195 cm³/mol. The highest BCUT2D eigenvalue weighted by atomic mass is 16.6. The van der Waals surface area contributed by atoms with E-state index in [1.165, 1.54) is 5.56 Å². The zero-order valence-electron chi connectivity index (χ0n) is 32.4. The van der Waals surface area contributed by atoms with Crippen LogP contribution in [0.15, 0.2) is 30.3 Å². The lowest BCUT2D eigenvalue weighted by Crippen LogP contribution is -2.56. The lowest BCUT2D eigenvalue weighted by molar-refractivity contribution is -0.161. The summed E-state index contributed by atoms with van der Waals surface area (Å²) in [6, 6.07) is 10.1.